The maximum atomic E-state index is 12.4. The summed E-state index contributed by atoms with van der Waals surface area (Å²) in [5.74, 6) is -1.28. The molecule has 0 spiro atoms. The summed E-state index contributed by atoms with van der Waals surface area (Å²) in [6.45, 7) is 7.97. The van der Waals surface area contributed by atoms with E-state index in [2.05, 4.69) is 20.1 Å². The van der Waals surface area contributed by atoms with Crippen molar-refractivity contribution in [3.63, 3.8) is 0 Å². The van der Waals surface area contributed by atoms with E-state index < -0.39 is 18.4 Å². The molecule has 0 aromatic carbocycles. The Morgan fingerprint density at radius 2 is 1.85 bits per heavy atom. The zero-order valence-corrected chi connectivity index (χ0v) is 15.7. The second-order valence-electron chi connectivity index (χ2n) is 6.37. The zero-order valence-electron chi connectivity index (χ0n) is 15.7. The molecule has 3 heterocycles. The zero-order chi connectivity index (χ0) is 19.9. The fourth-order valence-electron chi connectivity index (χ4n) is 3.08. The van der Waals surface area contributed by atoms with E-state index in [1.165, 1.54) is 11.4 Å². The largest absolute Gasteiger partial charge is 0.451 e. The SMILES string of the molecule is CC(=O)c1c(C)[nH]c(C(=O)COC(=O)c2nc3nc(C)cc(C)n3n2)c1C. The van der Waals surface area contributed by atoms with Crippen molar-refractivity contribution < 1.29 is 19.1 Å². The quantitative estimate of drug-likeness (QED) is 0.539. The van der Waals surface area contributed by atoms with Crippen LogP contribution in [0.3, 0.4) is 0 Å². The minimum atomic E-state index is -0.821. The van der Waals surface area contributed by atoms with Crippen LogP contribution >= 0.6 is 0 Å². The predicted octanol–water partition coefficient (Wildman–Crippen LogP) is 1.93. The molecule has 9 heteroatoms. The Morgan fingerprint density at radius 3 is 2.48 bits per heavy atom. The van der Waals surface area contributed by atoms with Gasteiger partial charge in [-0.1, -0.05) is 0 Å². The number of H-pyrrole nitrogens is 1. The van der Waals surface area contributed by atoms with Crippen LogP contribution in [0.5, 0.6) is 0 Å². The van der Waals surface area contributed by atoms with Crippen LogP contribution in [0.15, 0.2) is 6.07 Å². The molecule has 0 aliphatic rings. The van der Waals surface area contributed by atoms with Gasteiger partial charge in [-0.05, 0) is 46.2 Å². The first kappa shape index (κ1) is 18.4. The molecule has 0 radical (unpaired) electrons. The number of fused-ring (bicyclic) bond motifs is 1. The fourth-order valence-corrected chi connectivity index (χ4v) is 3.08. The number of hydrogen-bond donors (Lipinski definition) is 1. The van der Waals surface area contributed by atoms with Crippen LogP contribution in [-0.4, -0.2) is 48.7 Å². The van der Waals surface area contributed by atoms with E-state index in [9.17, 15) is 14.4 Å². The second-order valence-corrected chi connectivity index (χ2v) is 6.37. The summed E-state index contributed by atoms with van der Waals surface area (Å²) in [4.78, 5) is 47.4. The number of aryl methyl sites for hydroxylation is 3. The number of carbonyl (C=O) groups is 3. The molecule has 1 N–H and O–H groups in total. The van der Waals surface area contributed by atoms with Crippen molar-refractivity contribution in [2.24, 2.45) is 0 Å². The fraction of sp³-hybridized carbons (Fsp3) is 0.333. The van der Waals surface area contributed by atoms with E-state index in [-0.39, 0.29) is 23.1 Å². The number of ether oxygens (including phenoxy) is 1. The molecule has 0 atom stereocenters. The van der Waals surface area contributed by atoms with Crippen LogP contribution in [0.2, 0.25) is 0 Å². The first-order valence-electron chi connectivity index (χ1n) is 8.30. The Hall–Kier alpha value is -3.36. The van der Waals surface area contributed by atoms with Crippen molar-refractivity contribution >= 4 is 23.3 Å². The number of Topliss-reactive ketones (excluding diaryl/α,β-unsaturated/α-hetero) is 2. The Balaban J connectivity index is 1.76. The van der Waals surface area contributed by atoms with Crippen LogP contribution in [0.25, 0.3) is 5.78 Å². The molecule has 140 valence electrons. The van der Waals surface area contributed by atoms with Crippen LogP contribution < -0.4 is 0 Å². The summed E-state index contributed by atoms with van der Waals surface area (Å²) in [7, 11) is 0. The number of aromatic amines is 1. The molecular weight excluding hydrogens is 350 g/mol. The van der Waals surface area contributed by atoms with Gasteiger partial charge in [-0.3, -0.25) is 9.59 Å². The molecule has 0 bridgehead atoms. The maximum absolute atomic E-state index is 12.4. The maximum Gasteiger partial charge on any atom is 0.378 e. The highest BCUT2D eigenvalue weighted by molar-refractivity contribution is 6.04. The highest BCUT2D eigenvalue weighted by Crippen LogP contribution is 2.19. The topological polar surface area (TPSA) is 119 Å². The van der Waals surface area contributed by atoms with Crippen LogP contribution in [0, 0.1) is 27.7 Å². The number of hydrogen-bond acceptors (Lipinski definition) is 7. The molecule has 0 saturated carbocycles. The molecule has 27 heavy (non-hydrogen) atoms. The van der Waals surface area contributed by atoms with Gasteiger partial charge >= 0.3 is 5.97 Å². The molecule has 9 nitrogen and oxygen atoms in total. The number of aromatic nitrogens is 5. The molecular formula is C18H19N5O4. The van der Waals surface area contributed by atoms with Crippen LogP contribution in [0.1, 0.15) is 61.0 Å². The van der Waals surface area contributed by atoms with E-state index >= 15 is 0 Å². The summed E-state index contributed by atoms with van der Waals surface area (Å²) < 4.78 is 6.48. The minimum Gasteiger partial charge on any atom is -0.451 e. The van der Waals surface area contributed by atoms with Crippen molar-refractivity contribution in [3.8, 4) is 0 Å². The molecule has 0 fully saturated rings. The first-order valence-corrected chi connectivity index (χ1v) is 8.30. The van der Waals surface area contributed by atoms with Gasteiger partial charge in [0.05, 0.1) is 5.69 Å². The lowest BCUT2D eigenvalue weighted by molar-refractivity contribution is 0.0461. The smallest absolute Gasteiger partial charge is 0.378 e. The summed E-state index contributed by atoms with van der Waals surface area (Å²) >= 11 is 0. The third-order valence-corrected chi connectivity index (χ3v) is 4.20. The molecule has 3 aromatic rings. The third-order valence-electron chi connectivity index (χ3n) is 4.20. The average Bonchev–Trinajstić information content (AvgIpc) is 3.13. The Kier molecular flexibility index (Phi) is 4.61. The Morgan fingerprint density at radius 1 is 1.15 bits per heavy atom. The Labute approximate surface area is 154 Å². The highest BCUT2D eigenvalue weighted by Gasteiger charge is 2.22. The number of carbonyl (C=O) groups excluding carboxylic acids is 3. The minimum absolute atomic E-state index is 0.135. The predicted molar refractivity (Wildman–Crippen MR) is 95.1 cm³/mol. The number of rotatable bonds is 5. The summed E-state index contributed by atoms with van der Waals surface area (Å²) in [6.07, 6.45) is 0. The molecule has 3 aromatic heterocycles. The van der Waals surface area contributed by atoms with Crippen molar-refractivity contribution in [3.05, 3.63) is 45.8 Å². The monoisotopic (exact) mass is 369 g/mol. The van der Waals surface area contributed by atoms with Crippen LogP contribution in [0.4, 0.5) is 0 Å². The van der Waals surface area contributed by atoms with E-state index in [1.807, 2.05) is 19.9 Å². The van der Waals surface area contributed by atoms with E-state index in [4.69, 9.17) is 4.74 Å². The Bertz CT molecular complexity index is 1090. The van der Waals surface area contributed by atoms with Crippen molar-refractivity contribution in [1.29, 1.82) is 0 Å². The molecule has 0 unspecified atom stereocenters. The number of nitrogens with zero attached hydrogens (tertiary/aromatic N) is 4. The van der Waals surface area contributed by atoms with E-state index in [0.29, 0.717) is 16.8 Å². The van der Waals surface area contributed by atoms with Gasteiger partial charge in [0.15, 0.2) is 12.4 Å². The number of ketones is 2. The van der Waals surface area contributed by atoms with Gasteiger partial charge in [-0.15, -0.1) is 5.10 Å². The summed E-state index contributed by atoms with van der Waals surface area (Å²) in [5.41, 5.74) is 3.40. The van der Waals surface area contributed by atoms with Crippen molar-refractivity contribution in [1.82, 2.24) is 24.6 Å². The lowest BCUT2D eigenvalue weighted by atomic mass is 10.1. The van der Waals surface area contributed by atoms with Gasteiger partial charge < -0.3 is 9.72 Å². The van der Waals surface area contributed by atoms with Crippen LogP contribution in [-0.2, 0) is 4.74 Å². The van der Waals surface area contributed by atoms with Gasteiger partial charge in [-0.2, -0.15) is 4.98 Å². The molecule has 0 saturated heterocycles. The highest BCUT2D eigenvalue weighted by atomic mass is 16.5. The average molecular weight is 369 g/mol. The van der Waals surface area contributed by atoms with Gasteiger partial charge in [0.1, 0.15) is 0 Å². The number of esters is 1. The third kappa shape index (κ3) is 3.35. The second kappa shape index (κ2) is 6.75. The van der Waals surface area contributed by atoms with Gasteiger partial charge in [0.25, 0.3) is 11.6 Å². The normalized spacial score (nSPS) is 11.0. The van der Waals surface area contributed by atoms with Gasteiger partial charge in [0.2, 0.25) is 5.78 Å². The molecule has 0 aliphatic heterocycles. The van der Waals surface area contributed by atoms with Crippen molar-refractivity contribution in [2.45, 2.75) is 34.6 Å². The van der Waals surface area contributed by atoms with E-state index in [0.717, 1.165) is 11.4 Å². The van der Waals surface area contributed by atoms with E-state index in [1.54, 1.807) is 13.8 Å². The summed E-state index contributed by atoms with van der Waals surface area (Å²) in [6, 6.07) is 1.81. The first-order chi connectivity index (χ1) is 12.7. The number of nitrogens with one attached hydrogen (secondary N) is 1. The van der Waals surface area contributed by atoms with Crippen molar-refractivity contribution in [2.75, 3.05) is 6.61 Å². The lowest BCUT2D eigenvalue weighted by Crippen LogP contribution is -2.16. The van der Waals surface area contributed by atoms with Gasteiger partial charge in [-0.25, -0.2) is 14.3 Å². The molecule has 0 aliphatic carbocycles. The lowest BCUT2D eigenvalue weighted by Gasteiger charge is -2.02. The standard InChI is InChI=1S/C18H19N5O4/c1-8-6-9(2)23-18(19-8)21-16(22-23)17(26)27-7-13(25)15-10(3)14(12(5)24)11(4)20-15/h6,20H,7H2,1-5H3. The van der Waals surface area contributed by atoms with Gasteiger partial charge in [0, 0.05) is 22.6 Å². The summed E-state index contributed by atoms with van der Waals surface area (Å²) in [5, 5.41) is 4.07. The molecule has 0 amide bonds. The molecule has 3 rings (SSSR count).